The number of ether oxygens (including phenoxy) is 1. The Balaban J connectivity index is 5.13. The van der Waals surface area contributed by atoms with Crippen molar-refractivity contribution in [3.63, 3.8) is 0 Å². The highest BCUT2D eigenvalue weighted by Crippen LogP contribution is 2.26. The second-order valence-corrected chi connectivity index (χ2v) is 5.93. The number of unbranched alkanes of at least 4 members (excludes halogenated alkanes) is 3. The first-order valence-electron chi connectivity index (χ1n) is 7.18. The molecule has 0 aromatic rings. The van der Waals surface area contributed by atoms with Gasteiger partial charge in [0.15, 0.2) is 5.76 Å². The first kappa shape index (κ1) is 22.1. The topological polar surface area (TPSA) is 69.7 Å². The molecule has 0 rings (SSSR count). The summed E-state index contributed by atoms with van der Waals surface area (Å²) in [7, 11) is -5.89. The smallest absolute Gasteiger partial charge is 0.463 e. The van der Waals surface area contributed by atoms with Crippen LogP contribution >= 0.6 is 0 Å². The number of hydrogen-bond acceptors (Lipinski definition) is 5. The lowest BCUT2D eigenvalue weighted by Gasteiger charge is -2.09. The molecule has 0 aromatic carbocycles. The Morgan fingerprint density at radius 1 is 1.21 bits per heavy atom. The summed E-state index contributed by atoms with van der Waals surface area (Å²) in [6.07, 6.45) is 5.95. The zero-order valence-corrected chi connectivity index (χ0v) is 14.2. The maximum Gasteiger partial charge on any atom is 0.534 e. The van der Waals surface area contributed by atoms with Crippen molar-refractivity contribution in [2.75, 3.05) is 6.61 Å². The number of rotatable bonds is 8. The highest BCUT2D eigenvalue weighted by molar-refractivity contribution is 7.87. The van der Waals surface area contributed by atoms with Crippen LogP contribution in [0.2, 0.25) is 0 Å². The van der Waals surface area contributed by atoms with Gasteiger partial charge < -0.3 is 8.92 Å². The summed E-state index contributed by atoms with van der Waals surface area (Å²) in [4.78, 5) is 11.3. The van der Waals surface area contributed by atoms with Crippen LogP contribution in [0.5, 0.6) is 0 Å². The molecule has 136 valence electrons. The summed E-state index contributed by atoms with van der Waals surface area (Å²) in [6, 6.07) is 0. The molecule has 5 nitrogen and oxygen atoms in total. The van der Waals surface area contributed by atoms with E-state index in [9.17, 15) is 26.4 Å². The number of carbonyl (C=O) groups is 1. The molecule has 9 heteroatoms. The van der Waals surface area contributed by atoms with Crippen LogP contribution in [0, 0.1) is 11.8 Å². The molecule has 0 unspecified atom stereocenters. The van der Waals surface area contributed by atoms with E-state index in [1.807, 2.05) is 6.92 Å². The molecule has 0 radical (unpaired) electrons. The number of carbonyl (C=O) groups excluding carboxylic acids is 1. The number of halogens is 3. The van der Waals surface area contributed by atoms with Gasteiger partial charge in [-0.05, 0) is 25.5 Å². The molecule has 24 heavy (non-hydrogen) atoms. The standard InChI is InChI=1S/C15H19F3O5S/c1-3-5-6-7-8-9-10-11-13(12-14(19)22-4-2)23-24(20,21)15(16,17)18/h10-12H,3-7H2,1-2H3/b11-10+,13-12+. The van der Waals surface area contributed by atoms with Crippen molar-refractivity contribution in [3.8, 4) is 11.8 Å². The van der Waals surface area contributed by atoms with Crippen molar-refractivity contribution in [2.24, 2.45) is 0 Å². The summed E-state index contributed by atoms with van der Waals surface area (Å²) in [5.41, 5.74) is -5.61. The molecular weight excluding hydrogens is 349 g/mol. The SMILES string of the molecule is CCCCCC#C/C=C/C(=C\C(=O)OCC)OS(=O)(=O)C(F)(F)F. The Morgan fingerprint density at radius 3 is 2.42 bits per heavy atom. The Kier molecular flexibility index (Phi) is 9.88. The molecule has 0 bridgehead atoms. The molecule has 0 aromatic heterocycles. The molecule has 0 heterocycles. The Labute approximate surface area is 139 Å². The van der Waals surface area contributed by atoms with Crippen LogP contribution in [-0.2, 0) is 23.8 Å². The number of allylic oxidation sites excluding steroid dienone is 2. The predicted molar refractivity (Wildman–Crippen MR) is 81.8 cm³/mol. The third-order valence-electron chi connectivity index (χ3n) is 2.37. The van der Waals surface area contributed by atoms with Crippen LogP contribution in [0.25, 0.3) is 0 Å². The minimum atomic E-state index is -5.89. The first-order valence-corrected chi connectivity index (χ1v) is 8.59. The second-order valence-electron chi connectivity index (χ2n) is 4.39. The van der Waals surface area contributed by atoms with E-state index >= 15 is 0 Å². The fraction of sp³-hybridized carbons (Fsp3) is 0.533. The van der Waals surface area contributed by atoms with Crippen molar-refractivity contribution in [2.45, 2.75) is 45.0 Å². The second kappa shape index (κ2) is 10.8. The zero-order valence-electron chi connectivity index (χ0n) is 13.4. The molecule has 0 amide bonds. The van der Waals surface area contributed by atoms with Crippen LogP contribution in [0.4, 0.5) is 13.2 Å². The van der Waals surface area contributed by atoms with E-state index in [0.717, 1.165) is 31.4 Å². The predicted octanol–water partition coefficient (Wildman–Crippen LogP) is 3.44. The van der Waals surface area contributed by atoms with Gasteiger partial charge in [-0.25, -0.2) is 4.79 Å². The van der Waals surface area contributed by atoms with Gasteiger partial charge in [0.25, 0.3) is 0 Å². The highest BCUT2D eigenvalue weighted by atomic mass is 32.2. The molecule has 0 fully saturated rings. The molecule has 0 spiro atoms. The molecule has 0 saturated heterocycles. The van der Waals surface area contributed by atoms with Gasteiger partial charge in [-0.3, -0.25) is 0 Å². The average Bonchev–Trinajstić information content (AvgIpc) is 2.44. The zero-order chi connectivity index (χ0) is 18.6. The quantitative estimate of drug-likeness (QED) is 0.0959. The summed E-state index contributed by atoms with van der Waals surface area (Å²) in [5.74, 6) is 3.39. The summed E-state index contributed by atoms with van der Waals surface area (Å²) in [6.45, 7) is 3.48. The molecule has 0 aliphatic carbocycles. The highest BCUT2D eigenvalue weighted by Gasteiger charge is 2.48. The summed E-state index contributed by atoms with van der Waals surface area (Å²) >= 11 is 0. The normalized spacial score (nSPS) is 12.6. The van der Waals surface area contributed by atoms with Gasteiger partial charge in [-0.15, -0.1) is 0 Å². The fourth-order valence-corrected chi connectivity index (χ4v) is 1.74. The Hall–Kier alpha value is -1.95. The lowest BCUT2D eigenvalue weighted by atomic mass is 10.2. The number of esters is 1. The van der Waals surface area contributed by atoms with E-state index in [1.54, 1.807) is 0 Å². The van der Waals surface area contributed by atoms with Crippen LogP contribution in [0.3, 0.4) is 0 Å². The first-order chi connectivity index (χ1) is 11.1. The minimum Gasteiger partial charge on any atom is -0.463 e. The molecule has 0 saturated carbocycles. The monoisotopic (exact) mass is 368 g/mol. The van der Waals surface area contributed by atoms with Gasteiger partial charge >= 0.3 is 21.6 Å². The minimum absolute atomic E-state index is 0.0322. The van der Waals surface area contributed by atoms with E-state index in [-0.39, 0.29) is 6.61 Å². The van der Waals surface area contributed by atoms with Gasteiger partial charge in [0.05, 0.1) is 12.7 Å². The van der Waals surface area contributed by atoms with Gasteiger partial charge in [0, 0.05) is 6.42 Å². The molecule has 0 aliphatic heterocycles. The van der Waals surface area contributed by atoms with Crippen molar-refractivity contribution in [3.05, 3.63) is 24.0 Å². The lowest BCUT2D eigenvalue weighted by molar-refractivity contribution is -0.137. The molecule has 0 aliphatic rings. The Bertz CT molecular complexity index is 622. The molecular formula is C15H19F3O5S. The van der Waals surface area contributed by atoms with Gasteiger partial charge in [0.2, 0.25) is 0 Å². The maximum atomic E-state index is 12.3. The fourth-order valence-electron chi connectivity index (χ4n) is 1.29. The van der Waals surface area contributed by atoms with E-state index in [4.69, 9.17) is 0 Å². The average molecular weight is 368 g/mol. The van der Waals surface area contributed by atoms with Crippen LogP contribution in [-0.4, -0.2) is 26.5 Å². The maximum absolute atomic E-state index is 12.3. The number of alkyl halides is 3. The van der Waals surface area contributed by atoms with Crippen molar-refractivity contribution in [1.29, 1.82) is 0 Å². The van der Waals surface area contributed by atoms with Crippen molar-refractivity contribution >= 4 is 16.1 Å². The van der Waals surface area contributed by atoms with E-state index in [2.05, 4.69) is 20.8 Å². The third-order valence-corrected chi connectivity index (χ3v) is 3.35. The van der Waals surface area contributed by atoms with E-state index in [1.165, 1.54) is 6.92 Å². The van der Waals surface area contributed by atoms with Gasteiger partial charge in [0.1, 0.15) is 0 Å². The summed E-state index contributed by atoms with van der Waals surface area (Å²) in [5, 5.41) is 0. The molecule has 0 N–H and O–H groups in total. The van der Waals surface area contributed by atoms with Crippen molar-refractivity contribution in [1.82, 2.24) is 0 Å². The van der Waals surface area contributed by atoms with Gasteiger partial charge in [-0.2, -0.15) is 21.6 Å². The molecule has 0 atom stereocenters. The Morgan fingerprint density at radius 2 is 1.88 bits per heavy atom. The van der Waals surface area contributed by atoms with Crippen LogP contribution < -0.4 is 0 Å². The van der Waals surface area contributed by atoms with Crippen molar-refractivity contribution < 1.29 is 35.3 Å². The van der Waals surface area contributed by atoms with Crippen LogP contribution in [0.15, 0.2) is 24.0 Å². The summed E-state index contributed by atoms with van der Waals surface area (Å²) < 4.78 is 67.4. The third kappa shape index (κ3) is 9.25. The van der Waals surface area contributed by atoms with Crippen LogP contribution in [0.1, 0.15) is 39.5 Å². The largest absolute Gasteiger partial charge is 0.534 e. The van der Waals surface area contributed by atoms with E-state index in [0.29, 0.717) is 12.5 Å². The number of hydrogen-bond donors (Lipinski definition) is 0. The lowest BCUT2D eigenvalue weighted by Crippen LogP contribution is -2.25. The van der Waals surface area contributed by atoms with Gasteiger partial charge in [-0.1, -0.05) is 31.6 Å². The van der Waals surface area contributed by atoms with E-state index < -0.39 is 27.4 Å².